The number of methoxy groups -OCH3 is 2. The molecule has 0 spiro atoms. The van der Waals surface area contributed by atoms with Crippen LogP contribution in [0.25, 0.3) is 11.0 Å². The van der Waals surface area contributed by atoms with Gasteiger partial charge < -0.3 is 23.9 Å². The van der Waals surface area contributed by atoms with E-state index < -0.39 is 57.9 Å². The third-order valence-corrected chi connectivity index (χ3v) is 11.9. The summed E-state index contributed by atoms with van der Waals surface area (Å²) < 4.78 is 35.8. The molecule has 4 atom stereocenters. The molecule has 2 aliphatic heterocycles. The highest BCUT2D eigenvalue weighted by molar-refractivity contribution is 6.31. The molecule has 1 saturated heterocycles. The Balaban J connectivity index is 1.22. The zero-order valence-corrected chi connectivity index (χ0v) is 32.4. The summed E-state index contributed by atoms with van der Waals surface area (Å²) in [4.78, 5) is 76.6. The normalized spacial score (nSPS) is 21.3. The molecule has 1 saturated carbocycles. The molecular formula is C40H38ClFN6O9. The Morgan fingerprint density at radius 3 is 2.44 bits per heavy atom. The van der Waals surface area contributed by atoms with Gasteiger partial charge in [0.15, 0.2) is 23.0 Å². The third-order valence-electron chi connectivity index (χ3n) is 11.6. The number of benzene rings is 3. The fraction of sp³-hybridized carbons (Fsp3) is 0.350. The van der Waals surface area contributed by atoms with Crippen LogP contribution in [0.1, 0.15) is 43.5 Å². The third kappa shape index (κ3) is 5.51. The van der Waals surface area contributed by atoms with Gasteiger partial charge in [0.1, 0.15) is 11.5 Å². The van der Waals surface area contributed by atoms with Crippen LogP contribution in [-0.2, 0) is 36.1 Å². The fourth-order valence-corrected chi connectivity index (χ4v) is 9.04. The van der Waals surface area contributed by atoms with Gasteiger partial charge in [-0.3, -0.25) is 14.4 Å². The first-order valence-corrected chi connectivity index (χ1v) is 18.7. The van der Waals surface area contributed by atoms with E-state index in [9.17, 15) is 33.5 Å². The molecule has 15 nitrogen and oxygen atoms in total. The minimum absolute atomic E-state index is 0.0534. The van der Waals surface area contributed by atoms with E-state index in [1.54, 1.807) is 57.3 Å². The van der Waals surface area contributed by atoms with Crippen molar-refractivity contribution in [3.05, 3.63) is 114 Å². The maximum absolute atomic E-state index is 14.7. The minimum atomic E-state index is -1.51. The number of ether oxygens (including phenoxy) is 3. The summed E-state index contributed by atoms with van der Waals surface area (Å²) in [5, 5.41) is 11.4. The quantitative estimate of drug-likeness (QED) is 0.169. The molecule has 4 heterocycles. The number of halogens is 2. The first-order chi connectivity index (χ1) is 27.3. The second kappa shape index (κ2) is 13.8. The number of carbonyl (C=O) groups is 2. The molecule has 3 aliphatic rings. The predicted octanol–water partition coefficient (Wildman–Crippen LogP) is 4.08. The van der Waals surface area contributed by atoms with Gasteiger partial charge in [-0.1, -0.05) is 29.8 Å². The predicted molar refractivity (Wildman–Crippen MR) is 206 cm³/mol. The molecular weight excluding hydrogens is 763 g/mol. The fourth-order valence-electron chi connectivity index (χ4n) is 8.86. The van der Waals surface area contributed by atoms with Crippen molar-refractivity contribution in [1.29, 1.82) is 0 Å². The number of hydrogen-bond donors (Lipinski definition) is 1. The standard InChI is InChI=1S/C40H38ClFN6O9/c1-6-57-30-9-7-8-22(34(30)49)33-21-12-15-46-38(53)45(14-13-26-36(51)44(3)29-19-32(56-5)31(55-4)18-27(29)43-26)39(54)48(46)28(21)17-23-35(50)47(37(52)40(23,33)2)20-10-11-25(42)24(41)16-20/h7-12,16,18-19,23,28,33,49H,6,13-15,17H2,1-5H3. The molecule has 0 bridgehead atoms. The van der Waals surface area contributed by atoms with Crippen LogP contribution in [0.15, 0.2) is 74.6 Å². The Bertz CT molecular complexity index is 2750. The molecule has 1 aliphatic carbocycles. The molecule has 2 aromatic heterocycles. The van der Waals surface area contributed by atoms with E-state index in [0.717, 1.165) is 15.5 Å². The smallest absolute Gasteiger partial charge is 0.347 e. The van der Waals surface area contributed by atoms with Gasteiger partial charge in [-0.05, 0) is 50.1 Å². The summed E-state index contributed by atoms with van der Waals surface area (Å²) in [6.45, 7) is 3.39. The summed E-state index contributed by atoms with van der Waals surface area (Å²) in [5.41, 5.74) is -1.29. The van der Waals surface area contributed by atoms with E-state index in [1.807, 2.05) is 0 Å². The number of phenols is 1. The number of hydrogen-bond acceptors (Lipinski definition) is 10. The van der Waals surface area contributed by atoms with E-state index in [2.05, 4.69) is 4.98 Å². The Morgan fingerprint density at radius 2 is 1.74 bits per heavy atom. The number of rotatable bonds is 9. The van der Waals surface area contributed by atoms with Gasteiger partial charge in [-0.25, -0.2) is 37.8 Å². The van der Waals surface area contributed by atoms with Crippen LogP contribution in [0.3, 0.4) is 0 Å². The monoisotopic (exact) mass is 800 g/mol. The van der Waals surface area contributed by atoms with Crippen molar-refractivity contribution in [2.45, 2.75) is 51.7 Å². The van der Waals surface area contributed by atoms with Crippen molar-refractivity contribution < 1.29 is 33.3 Å². The number of carbonyl (C=O) groups excluding carboxylic acids is 2. The maximum Gasteiger partial charge on any atom is 0.347 e. The van der Waals surface area contributed by atoms with Gasteiger partial charge >= 0.3 is 11.4 Å². The van der Waals surface area contributed by atoms with E-state index in [1.165, 1.54) is 40.3 Å². The second-order valence-corrected chi connectivity index (χ2v) is 14.8. The molecule has 2 amide bonds. The SMILES string of the molecule is CCOc1cccc(C2C3=CCn4c(=O)n(CCc5nc6cc(OC)c(OC)cc6n(C)c5=O)c(=O)n4C3CC3C(=O)N(c4ccc(F)c(Cl)c4)C(=O)C32C)c1O. The summed E-state index contributed by atoms with van der Waals surface area (Å²) in [7, 11) is 4.55. The largest absolute Gasteiger partial charge is 0.504 e. The Labute approximate surface area is 328 Å². The van der Waals surface area contributed by atoms with E-state index in [4.69, 9.17) is 25.8 Å². The first-order valence-electron chi connectivity index (χ1n) is 18.3. The van der Waals surface area contributed by atoms with E-state index in [0.29, 0.717) is 33.7 Å². The van der Waals surface area contributed by atoms with Crippen molar-refractivity contribution in [1.82, 2.24) is 23.5 Å². The van der Waals surface area contributed by atoms with Crippen LogP contribution in [-0.4, -0.2) is 61.2 Å². The van der Waals surface area contributed by atoms with Gasteiger partial charge in [0.25, 0.3) is 5.56 Å². The molecule has 17 heteroatoms. The number of amides is 2. The lowest BCUT2D eigenvalue weighted by Gasteiger charge is -2.47. The summed E-state index contributed by atoms with van der Waals surface area (Å²) in [6, 6.07) is 10.8. The zero-order chi connectivity index (χ0) is 40.7. The van der Waals surface area contributed by atoms with Crippen LogP contribution in [0.4, 0.5) is 10.1 Å². The maximum atomic E-state index is 14.7. The number of fused-ring (bicyclic) bond motifs is 5. The van der Waals surface area contributed by atoms with Gasteiger partial charge in [0.2, 0.25) is 11.8 Å². The molecule has 296 valence electrons. The average molecular weight is 801 g/mol. The van der Waals surface area contributed by atoms with Gasteiger partial charge in [0.05, 0.1) is 66.5 Å². The molecule has 8 rings (SSSR count). The number of allylic oxidation sites excluding steroid dienone is 2. The summed E-state index contributed by atoms with van der Waals surface area (Å²) in [5.74, 6) is -3.21. The number of aromatic hydroxyl groups is 1. The number of aromatic nitrogens is 5. The number of anilines is 1. The van der Waals surface area contributed by atoms with Crippen molar-refractivity contribution in [3.63, 3.8) is 0 Å². The van der Waals surface area contributed by atoms with Crippen LogP contribution in [0.5, 0.6) is 23.0 Å². The Morgan fingerprint density at radius 1 is 1.00 bits per heavy atom. The highest BCUT2D eigenvalue weighted by Crippen LogP contribution is 2.62. The topological polar surface area (TPSA) is 169 Å². The number of aryl methyl sites for hydroxylation is 2. The van der Waals surface area contributed by atoms with E-state index in [-0.39, 0.29) is 60.4 Å². The lowest BCUT2D eigenvalue weighted by molar-refractivity contribution is -0.129. The van der Waals surface area contributed by atoms with Crippen molar-refractivity contribution in [3.8, 4) is 23.0 Å². The lowest BCUT2D eigenvalue weighted by Crippen LogP contribution is -2.49. The first kappa shape index (κ1) is 37.7. The lowest BCUT2D eigenvalue weighted by atomic mass is 9.56. The van der Waals surface area contributed by atoms with Crippen LogP contribution in [0.2, 0.25) is 5.02 Å². The number of phenolic OH excluding ortho intramolecular Hbond substituents is 1. The molecule has 1 N–H and O–H groups in total. The summed E-state index contributed by atoms with van der Waals surface area (Å²) >= 11 is 6.10. The van der Waals surface area contributed by atoms with Crippen LogP contribution >= 0.6 is 11.6 Å². The van der Waals surface area contributed by atoms with Crippen molar-refractivity contribution in [2.75, 3.05) is 25.7 Å². The molecule has 5 aromatic rings. The van der Waals surface area contributed by atoms with Gasteiger partial charge in [0, 0.05) is 43.6 Å². The van der Waals surface area contributed by atoms with E-state index >= 15 is 0 Å². The summed E-state index contributed by atoms with van der Waals surface area (Å²) in [6.07, 6.45) is 1.64. The molecule has 3 aromatic carbocycles. The molecule has 57 heavy (non-hydrogen) atoms. The highest BCUT2D eigenvalue weighted by Gasteiger charge is 2.66. The second-order valence-electron chi connectivity index (χ2n) is 14.4. The molecule has 4 unspecified atom stereocenters. The van der Waals surface area contributed by atoms with Crippen molar-refractivity contribution in [2.24, 2.45) is 18.4 Å². The number of nitrogens with zero attached hydrogens (tertiary/aromatic N) is 6. The van der Waals surface area contributed by atoms with Crippen LogP contribution in [0, 0.1) is 17.2 Å². The molecule has 0 radical (unpaired) electrons. The number of para-hydroxylation sites is 1. The Hall–Kier alpha value is -6.16. The highest BCUT2D eigenvalue weighted by atomic mass is 35.5. The minimum Gasteiger partial charge on any atom is -0.504 e. The van der Waals surface area contributed by atoms with Gasteiger partial charge in [-0.2, -0.15) is 0 Å². The average Bonchev–Trinajstić information content (AvgIpc) is 3.56. The zero-order valence-electron chi connectivity index (χ0n) is 31.6. The van der Waals surface area contributed by atoms with Crippen LogP contribution < -0.4 is 36.0 Å². The Kier molecular flexibility index (Phi) is 9.13. The molecule has 2 fully saturated rings. The van der Waals surface area contributed by atoms with Gasteiger partial charge in [-0.15, -0.1) is 0 Å². The van der Waals surface area contributed by atoms with Crippen molar-refractivity contribution >= 4 is 40.1 Å². The number of imide groups is 1.